The van der Waals surface area contributed by atoms with Gasteiger partial charge in [0.2, 0.25) is 5.91 Å². The molecule has 0 unspecified atom stereocenters. The SMILES string of the molecule is O=C(O)Cn1cc(CNC(=O)CNC(=O)NC2CCCCC2)nn1. The molecule has 0 aliphatic heterocycles. The van der Waals surface area contributed by atoms with Gasteiger partial charge in [-0.2, -0.15) is 0 Å². The Morgan fingerprint density at radius 2 is 1.96 bits per heavy atom. The van der Waals surface area contributed by atoms with Gasteiger partial charge in [0.25, 0.3) is 0 Å². The Bertz CT molecular complexity index is 582. The molecule has 10 heteroatoms. The summed E-state index contributed by atoms with van der Waals surface area (Å²) in [4.78, 5) is 33.9. The van der Waals surface area contributed by atoms with Crippen LogP contribution in [-0.4, -0.2) is 50.6 Å². The molecule has 0 aromatic carbocycles. The molecule has 2 rings (SSSR count). The number of nitrogens with one attached hydrogen (secondary N) is 3. The molecular weight excluding hydrogens is 316 g/mol. The monoisotopic (exact) mass is 338 g/mol. The molecule has 1 aliphatic rings. The molecule has 4 N–H and O–H groups in total. The summed E-state index contributed by atoms with van der Waals surface area (Å²) in [7, 11) is 0. The molecular formula is C14H22N6O4. The van der Waals surface area contributed by atoms with Gasteiger partial charge in [-0.3, -0.25) is 9.59 Å². The Morgan fingerprint density at radius 1 is 1.21 bits per heavy atom. The summed E-state index contributed by atoms with van der Waals surface area (Å²) in [6.07, 6.45) is 6.84. The smallest absolute Gasteiger partial charge is 0.325 e. The Morgan fingerprint density at radius 3 is 2.67 bits per heavy atom. The lowest BCUT2D eigenvalue weighted by Crippen LogP contribution is -2.46. The summed E-state index contributed by atoms with van der Waals surface area (Å²) in [5, 5.41) is 24.0. The van der Waals surface area contributed by atoms with Crippen molar-refractivity contribution in [1.82, 2.24) is 30.9 Å². The predicted octanol–water partition coefficient (Wildman–Crippen LogP) is -0.389. The van der Waals surface area contributed by atoms with Crippen LogP contribution in [0, 0.1) is 0 Å². The van der Waals surface area contributed by atoms with Gasteiger partial charge in [0.1, 0.15) is 12.2 Å². The molecule has 1 saturated carbocycles. The molecule has 10 nitrogen and oxygen atoms in total. The number of carbonyl (C=O) groups excluding carboxylic acids is 2. The fraction of sp³-hybridized carbons (Fsp3) is 0.643. The van der Waals surface area contributed by atoms with Gasteiger partial charge >= 0.3 is 12.0 Å². The third kappa shape index (κ3) is 6.23. The van der Waals surface area contributed by atoms with E-state index in [9.17, 15) is 14.4 Å². The van der Waals surface area contributed by atoms with E-state index < -0.39 is 5.97 Å². The van der Waals surface area contributed by atoms with Gasteiger partial charge in [0.15, 0.2) is 0 Å². The van der Waals surface area contributed by atoms with Crippen LogP contribution in [0.5, 0.6) is 0 Å². The molecule has 1 aliphatic carbocycles. The summed E-state index contributed by atoms with van der Waals surface area (Å²) in [6.45, 7) is -0.309. The number of rotatable bonds is 7. The highest BCUT2D eigenvalue weighted by molar-refractivity contribution is 5.83. The van der Waals surface area contributed by atoms with Crippen LogP contribution in [0.25, 0.3) is 0 Å². The number of carbonyl (C=O) groups is 3. The Labute approximate surface area is 139 Å². The topological polar surface area (TPSA) is 138 Å². The Balaban J connectivity index is 1.63. The largest absolute Gasteiger partial charge is 0.480 e. The zero-order chi connectivity index (χ0) is 17.4. The van der Waals surface area contributed by atoms with Crippen LogP contribution in [0.3, 0.4) is 0 Å². The molecule has 1 fully saturated rings. The van der Waals surface area contributed by atoms with E-state index in [1.165, 1.54) is 17.3 Å². The van der Waals surface area contributed by atoms with Gasteiger partial charge in [-0.25, -0.2) is 9.48 Å². The minimum Gasteiger partial charge on any atom is -0.480 e. The highest BCUT2D eigenvalue weighted by Crippen LogP contribution is 2.16. The molecule has 0 bridgehead atoms. The fourth-order valence-electron chi connectivity index (χ4n) is 2.53. The first-order valence-electron chi connectivity index (χ1n) is 7.95. The third-order valence-electron chi connectivity index (χ3n) is 3.70. The number of aliphatic carboxylic acids is 1. The van der Waals surface area contributed by atoms with Crippen LogP contribution in [0.1, 0.15) is 37.8 Å². The first-order chi connectivity index (χ1) is 11.5. The van der Waals surface area contributed by atoms with Crippen LogP contribution >= 0.6 is 0 Å². The number of nitrogens with zero attached hydrogens (tertiary/aromatic N) is 3. The van der Waals surface area contributed by atoms with Gasteiger partial charge in [-0.05, 0) is 12.8 Å². The maximum Gasteiger partial charge on any atom is 0.325 e. The van der Waals surface area contributed by atoms with Crippen molar-refractivity contribution in [2.75, 3.05) is 6.54 Å². The van der Waals surface area contributed by atoms with Crippen molar-refractivity contribution < 1.29 is 19.5 Å². The molecule has 0 radical (unpaired) electrons. The molecule has 0 atom stereocenters. The maximum atomic E-state index is 11.7. The number of hydrogen-bond acceptors (Lipinski definition) is 5. The van der Waals surface area contributed by atoms with Crippen LogP contribution < -0.4 is 16.0 Å². The standard InChI is InChI=1S/C14H22N6O4/c21-12(7-16-14(24)17-10-4-2-1-3-5-10)15-6-11-8-20(19-18-11)9-13(22)23/h8,10H,1-7,9H2,(H,15,21)(H,22,23)(H2,16,17,24). The Kier molecular flexibility index (Phi) is 6.52. The molecule has 3 amide bonds. The zero-order valence-electron chi connectivity index (χ0n) is 13.3. The number of urea groups is 1. The van der Waals surface area contributed by atoms with Gasteiger partial charge < -0.3 is 21.1 Å². The minimum absolute atomic E-state index is 0.115. The molecule has 24 heavy (non-hydrogen) atoms. The maximum absolute atomic E-state index is 11.7. The van der Waals surface area contributed by atoms with E-state index in [4.69, 9.17) is 5.11 Å². The molecule has 1 heterocycles. The van der Waals surface area contributed by atoms with E-state index in [2.05, 4.69) is 26.3 Å². The molecule has 132 valence electrons. The quantitative estimate of drug-likeness (QED) is 0.534. The first kappa shape index (κ1) is 17.7. The number of hydrogen-bond donors (Lipinski definition) is 4. The van der Waals surface area contributed by atoms with Gasteiger partial charge in [0, 0.05) is 6.04 Å². The molecule has 0 spiro atoms. The second-order valence-corrected chi connectivity index (χ2v) is 5.74. The number of carboxylic acids is 1. The van der Waals surface area contributed by atoms with Gasteiger partial charge in [-0.15, -0.1) is 5.10 Å². The highest BCUT2D eigenvalue weighted by Gasteiger charge is 2.15. The minimum atomic E-state index is -1.02. The second kappa shape index (κ2) is 8.85. The van der Waals surface area contributed by atoms with E-state index in [0.717, 1.165) is 25.7 Å². The molecule has 1 aromatic heterocycles. The van der Waals surface area contributed by atoms with Gasteiger partial charge in [-0.1, -0.05) is 24.5 Å². The summed E-state index contributed by atoms with van der Waals surface area (Å²) < 4.78 is 1.17. The van der Waals surface area contributed by atoms with Crippen molar-refractivity contribution in [2.45, 2.75) is 51.2 Å². The van der Waals surface area contributed by atoms with Crippen LogP contribution in [0.15, 0.2) is 6.20 Å². The van der Waals surface area contributed by atoms with E-state index in [1.807, 2.05) is 0 Å². The first-order valence-corrected chi connectivity index (χ1v) is 7.95. The zero-order valence-corrected chi connectivity index (χ0v) is 13.3. The summed E-state index contributed by atoms with van der Waals surface area (Å²) >= 11 is 0. The number of carboxylic acid groups (broad SMARTS) is 1. The average molecular weight is 338 g/mol. The lowest BCUT2D eigenvalue weighted by Gasteiger charge is -2.22. The normalized spacial score (nSPS) is 14.8. The van der Waals surface area contributed by atoms with Crippen molar-refractivity contribution in [3.8, 4) is 0 Å². The summed E-state index contributed by atoms with van der Waals surface area (Å²) in [5.41, 5.74) is 0.441. The van der Waals surface area contributed by atoms with Crippen molar-refractivity contribution >= 4 is 17.9 Å². The van der Waals surface area contributed by atoms with Crippen molar-refractivity contribution in [1.29, 1.82) is 0 Å². The highest BCUT2D eigenvalue weighted by atomic mass is 16.4. The lowest BCUT2D eigenvalue weighted by molar-refractivity contribution is -0.138. The van der Waals surface area contributed by atoms with E-state index in [-0.39, 0.29) is 37.6 Å². The number of amides is 3. The Hall–Kier alpha value is -2.65. The molecule has 0 saturated heterocycles. The predicted molar refractivity (Wildman–Crippen MR) is 82.9 cm³/mol. The van der Waals surface area contributed by atoms with Gasteiger partial charge in [0.05, 0.1) is 19.3 Å². The van der Waals surface area contributed by atoms with Crippen molar-refractivity contribution in [2.24, 2.45) is 0 Å². The lowest BCUT2D eigenvalue weighted by atomic mass is 9.96. The third-order valence-corrected chi connectivity index (χ3v) is 3.70. The average Bonchev–Trinajstić information content (AvgIpc) is 2.98. The van der Waals surface area contributed by atoms with E-state index in [0.29, 0.717) is 5.69 Å². The van der Waals surface area contributed by atoms with Crippen molar-refractivity contribution in [3.05, 3.63) is 11.9 Å². The van der Waals surface area contributed by atoms with Crippen LogP contribution in [0.4, 0.5) is 4.79 Å². The second-order valence-electron chi connectivity index (χ2n) is 5.74. The number of aromatic nitrogens is 3. The van der Waals surface area contributed by atoms with Crippen LogP contribution in [0.2, 0.25) is 0 Å². The van der Waals surface area contributed by atoms with Crippen LogP contribution in [-0.2, 0) is 22.7 Å². The summed E-state index contributed by atoms with van der Waals surface area (Å²) in [5.74, 6) is -1.38. The summed E-state index contributed by atoms with van der Waals surface area (Å²) in [6, 6.07) is -0.157. The van der Waals surface area contributed by atoms with E-state index >= 15 is 0 Å². The molecule has 1 aromatic rings. The van der Waals surface area contributed by atoms with Crippen molar-refractivity contribution in [3.63, 3.8) is 0 Å². The fourth-order valence-corrected chi connectivity index (χ4v) is 2.53. The van der Waals surface area contributed by atoms with E-state index in [1.54, 1.807) is 0 Å².